The van der Waals surface area contributed by atoms with E-state index in [1.807, 2.05) is 6.92 Å². The molecule has 0 bridgehead atoms. The molecule has 1 heteroatoms. The summed E-state index contributed by atoms with van der Waals surface area (Å²) in [5.74, 6) is 0.762. The Morgan fingerprint density at radius 3 is 2.59 bits per heavy atom. The zero-order valence-corrected chi connectivity index (χ0v) is 11.6. The second kappa shape index (κ2) is 3.97. The molecule has 0 amide bonds. The molecule has 2 rings (SSSR count). The van der Waals surface area contributed by atoms with Gasteiger partial charge in [-0.3, -0.25) is 4.79 Å². The molecular weight excluding hydrogens is 208 g/mol. The first-order valence-electron chi connectivity index (χ1n) is 6.49. The average molecular weight is 230 g/mol. The summed E-state index contributed by atoms with van der Waals surface area (Å²) in [6.45, 7) is 10.6. The predicted octanol–water partition coefficient (Wildman–Crippen LogP) is 4.37. The summed E-state index contributed by atoms with van der Waals surface area (Å²) in [6.07, 6.45) is 2.46. The molecule has 1 unspecified atom stereocenters. The maximum atomic E-state index is 11.6. The summed E-state index contributed by atoms with van der Waals surface area (Å²) in [7, 11) is 0. The minimum Gasteiger partial charge on any atom is -0.295 e. The lowest BCUT2D eigenvalue weighted by Crippen LogP contribution is -2.26. The van der Waals surface area contributed by atoms with Crippen molar-refractivity contribution in [3.05, 3.63) is 34.4 Å². The third kappa shape index (κ3) is 2.03. The van der Waals surface area contributed by atoms with Crippen LogP contribution in [0.2, 0.25) is 0 Å². The summed E-state index contributed by atoms with van der Waals surface area (Å²) < 4.78 is 0. The maximum Gasteiger partial charge on any atom is 0.160 e. The molecule has 0 saturated heterocycles. The first kappa shape index (κ1) is 12.3. The number of carbonyl (C=O) groups excluding carboxylic acids is 1. The molecule has 1 aliphatic rings. The molecule has 0 saturated carbocycles. The number of ketones is 1. The molecule has 17 heavy (non-hydrogen) atoms. The number of hydrogen-bond acceptors (Lipinski definition) is 1. The van der Waals surface area contributed by atoms with Crippen molar-refractivity contribution in [2.24, 2.45) is 0 Å². The van der Waals surface area contributed by atoms with Crippen LogP contribution in [-0.2, 0) is 5.41 Å². The van der Waals surface area contributed by atoms with Gasteiger partial charge in [0, 0.05) is 5.56 Å². The van der Waals surface area contributed by atoms with Gasteiger partial charge in [0.25, 0.3) is 0 Å². The van der Waals surface area contributed by atoms with E-state index in [-0.39, 0.29) is 11.2 Å². The minimum atomic E-state index is 0.181. The molecule has 1 nitrogen and oxygen atoms in total. The van der Waals surface area contributed by atoms with Crippen LogP contribution in [0.4, 0.5) is 0 Å². The Labute approximate surface area is 104 Å². The van der Waals surface area contributed by atoms with E-state index in [2.05, 4.69) is 32.9 Å². The molecule has 0 heterocycles. The Hall–Kier alpha value is -1.11. The molecule has 0 radical (unpaired) electrons. The van der Waals surface area contributed by atoms with Crippen LogP contribution in [0.5, 0.6) is 0 Å². The van der Waals surface area contributed by atoms with Crippen LogP contribution < -0.4 is 0 Å². The van der Waals surface area contributed by atoms with E-state index < -0.39 is 0 Å². The van der Waals surface area contributed by atoms with Crippen molar-refractivity contribution < 1.29 is 4.79 Å². The standard InChI is InChI=1S/C16H22O/c1-10-6-7-16(4,5)15-8-11(2)13(12(3)17)9-14(10)15/h8-10H,6-7H2,1-5H3. The number of hydrogen-bond donors (Lipinski definition) is 0. The summed E-state index contributed by atoms with van der Waals surface area (Å²) in [5.41, 5.74) is 5.10. The van der Waals surface area contributed by atoms with E-state index in [1.165, 1.54) is 24.0 Å². The van der Waals surface area contributed by atoms with Crippen molar-refractivity contribution in [1.29, 1.82) is 0 Å². The SMILES string of the molecule is CC(=O)c1cc2c(cc1C)C(C)(C)CCC2C. The monoisotopic (exact) mass is 230 g/mol. The lowest BCUT2D eigenvalue weighted by molar-refractivity contribution is 0.101. The first-order valence-corrected chi connectivity index (χ1v) is 6.49. The number of rotatable bonds is 1. The van der Waals surface area contributed by atoms with Crippen molar-refractivity contribution in [3.8, 4) is 0 Å². The highest BCUT2D eigenvalue weighted by molar-refractivity contribution is 5.95. The molecule has 0 aromatic heterocycles. The summed E-state index contributed by atoms with van der Waals surface area (Å²) in [5, 5.41) is 0. The van der Waals surface area contributed by atoms with Gasteiger partial charge in [0.05, 0.1) is 0 Å². The lowest BCUT2D eigenvalue weighted by atomic mass is 9.68. The van der Waals surface area contributed by atoms with E-state index in [0.29, 0.717) is 5.92 Å². The van der Waals surface area contributed by atoms with Crippen LogP contribution in [0.3, 0.4) is 0 Å². The lowest BCUT2D eigenvalue weighted by Gasteiger charge is -2.36. The smallest absolute Gasteiger partial charge is 0.160 e. The Morgan fingerprint density at radius 1 is 1.35 bits per heavy atom. The minimum absolute atomic E-state index is 0.181. The average Bonchev–Trinajstić information content (AvgIpc) is 2.23. The number of benzene rings is 1. The normalized spacial score (nSPS) is 22.1. The molecule has 1 atom stereocenters. The number of aryl methyl sites for hydroxylation is 1. The van der Waals surface area contributed by atoms with Crippen LogP contribution >= 0.6 is 0 Å². The quantitative estimate of drug-likeness (QED) is 0.655. The Kier molecular flexibility index (Phi) is 2.89. The fraction of sp³-hybridized carbons (Fsp3) is 0.562. The third-order valence-electron chi connectivity index (χ3n) is 4.24. The van der Waals surface area contributed by atoms with Crippen LogP contribution in [0.15, 0.2) is 12.1 Å². The molecule has 92 valence electrons. The Morgan fingerprint density at radius 2 is 2.00 bits per heavy atom. The van der Waals surface area contributed by atoms with Gasteiger partial charge < -0.3 is 0 Å². The second-order valence-electron chi connectivity index (χ2n) is 6.13. The Bertz CT molecular complexity index is 469. The third-order valence-corrected chi connectivity index (χ3v) is 4.24. The molecule has 0 N–H and O–H groups in total. The van der Waals surface area contributed by atoms with Gasteiger partial charge in [0.1, 0.15) is 0 Å². The van der Waals surface area contributed by atoms with Gasteiger partial charge in [-0.1, -0.05) is 26.8 Å². The largest absolute Gasteiger partial charge is 0.295 e. The molecule has 1 aromatic rings. The van der Waals surface area contributed by atoms with Crippen molar-refractivity contribution >= 4 is 5.78 Å². The van der Waals surface area contributed by atoms with Crippen molar-refractivity contribution in [2.75, 3.05) is 0 Å². The van der Waals surface area contributed by atoms with Crippen molar-refractivity contribution in [1.82, 2.24) is 0 Å². The van der Waals surface area contributed by atoms with Gasteiger partial charge in [-0.05, 0) is 60.8 Å². The van der Waals surface area contributed by atoms with Gasteiger partial charge in [-0.25, -0.2) is 0 Å². The predicted molar refractivity (Wildman–Crippen MR) is 71.9 cm³/mol. The van der Waals surface area contributed by atoms with Gasteiger partial charge >= 0.3 is 0 Å². The summed E-state index contributed by atoms with van der Waals surface area (Å²) in [6, 6.07) is 4.38. The molecular formula is C16H22O. The maximum absolute atomic E-state index is 11.6. The molecule has 0 aliphatic heterocycles. The van der Waals surface area contributed by atoms with E-state index in [4.69, 9.17) is 0 Å². The van der Waals surface area contributed by atoms with Crippen LogP contribution in [-0.4, -0.2) is 5.78 Å². The van der Waals surface area contributed by atoms with Crippen LogP contribution in [0.25, 0.3) is 0 Å². The van der Waals surface area contributed by atoms with Crippen LogP contribution in [0, 0.1) is 6.92 Å². The number of fused-ring (bicyclic) bond motifs is 1. The molecule has 0 spiro atoms. The second-order valence-corrected chi connectivity index (χ2v) is 6.13. The highest BCUT2D eigenvalue weighted by atomic mass is 16.1. The zero-order chi connectivity index (χ0) is 12.8. The topological polar surface area (TPSA) is 17.1 Å². The van der Waals surface area contributed by atoms with Gasteiger partial charge in [-0.15, -0.1) is 0 Å². The van der Waals surface area contributed by atoms with Crippen molar-refractivity contribution in [3.63, 3.8) is 0 Å². The van der Waals surface area contributed by atoms with E-state index in [9.17, 15) is 4.79 Å². The number of Topliss-reactive ketones (excluding diaryl/α,β-unsaturated/α-hetero) is 1. The van der Waals surface area contributed by atoms with Gasteiger partial charge in [0.15, 0.2) is 5.78 Å². The highest BCUT2D eigenvalue weighted by Crippen LogP contribution is 2.43. The van der Waals surface area contributed by atoms with E-state index in [0.717, 1.165) is 11.1 Å². The van der Waals surface area contributed by atoms with Crippen molar-refractivity contribution in [2.45, 2.75) is 58.8 Å². The van der Waals surface area contributed by atoms with Gasteiger partial charge in [0.2, 0.25) is 0 Å². The van der Waals surface area contributed by atoms with Crippen LogP contribution in [0.1, 0.15) is 73.5 Å². The zero-order valence-electron chi connectivity index (χ0n) is 11.6. The highest BCUT2D eigenvalue weighted by Gasteiger charge is 2.31. The van der Waals surface area contributed by atoms with E-state index >= 15 is 0 Å². The van der Waals surface area contributed by atoms with E-state index in [1.54, 1.807) is 6.92 Å². The molecule has 1 aliphatic carbocycles. The fourth-order valence-corrected chi connectivity index (χ4v) is 2.97. The summed E-state index contributed by atoms with van der Waals surface area (Å²) in [4.78, 5) is 11.6. The Balaban J connectivity index is 2.65. The molecule has 1 aromatic carbocycles. The number of carbonyl (C=O) groups is 1. The summed E-state index contributed by atoms with van der Waals surface area (Å²) >= 11 is 0. The first-order chi connectivity index (χ1) is 7.83. The molecule has 0 fully saturated rings. The van der Waals surface area contributed by atoms with Gasteiger partial charge in [-0.2, -0.15) is 0 Å². The fourth-order valence-electron chi connectivity index (χ4n) is 2.97.